The summed E-state index contributed by atoms with van der Waals surface area (Å²) in [7, 11) is 0. The normalized spacial score (nSPS) is 24.3. The molecule has 0 aromatic carbocycles. The molecule has 0 amide bonds. The number of pyridine rings is 1. The van der Waals surface area contributed by atoms with Crippen molar-refractivity contribution in [2.75, 3.05) is 11.4 Å². The van der Waals surface area contributed by atoms with Crippen LogP contribution in [0.4, 0.5) is 5.82 Å². The zero-order valence-corrected chi connectivity index (χ0v) is 11.8. The molecule has 1 saturated carbocycles. The number of hydrogen-bond acceptors (Lipinski definition) is 3. The van der Waals surface area contributed by atoms with Gasteiger partial charge in [-0.05, 0) is 55.7 Å². The van der Waals surface area contributed by atoms with Crippen LogP contribution in [0, 0.1) is 12.8 Å². The van der Waals surface area contributed by atoms with Gasteiger partial charge in [0, 0.05) is 18.8 Å². The summed E-state index contributed by atoms with van der Waals surface area (Å²) in [6.45, 7) is 3.35. The van der Waals surface area contributed by atoms with Gasteiger partial charge in [0.05, 0.1) is 6.61 Å². The second kappa shape index (κ2) is 5.49. The van der Waals surface area contributed by atoms with Gasteiger partial charge in [0.2, 0.25) is 0 Å². The van der Waals surface area contributed by atoms with Gasteiger partial charge in [0.1, 0.15) is 5.82 Å². The molecule has 0 radical (unpaired) electrons. The van der Waals surface area contributed by atoms with E-state index in [1.54, 1.807) is 0 Å². The average molecular weight is 260 g/mol. The maximum Gasteiger partial charge on any atom is 0.131 e. The molecule has 1 saturated heterocycles. The molecule has 1 unspecified atom stereocenters. The quantitative estimate of drug-likeness (QED) is 0.907. The third kappa shape index (κ3) is 2.48. The van der Waals surface area contributed by atoms with E-state index < -0.39 is 0 Å². The lowest BCUT2D eigenvalue weighted by molar-refractivity contribution is 0.281. The van der Waals surface area contributed by atoms with Crippen molar-refractivity contribution in [3.8, 4) is 0 Å². The fraction of sp³-hybridized carbons (Fsp3) is 0.688. The van der Waals surface area contributed by atoms with Gasteiger partial charge in [-0.25, -0.2) is 4.98 Å². The molecule has 1 aliphatic carbocycles. The van der Waals surface area contributed by atoms with E-state index in [2.05, 4.69) is 22.9 Å². The number of hydrogen-bond donors (Lipinski definition) is 1. The zero-order valence-electron chi connectivity index (χ0n) is 11.8. The maximum atomic E-state index is 9.19. The molecule has 3 rings (SSSR count). The molecule has 104 valence electrons. The molecule has 1 aromatic rings. The van der Waals surface area contributed by atoms with E-state index in [0.29, 0.717) is 6.04 Å². The topological polar surface area (TPSA) is 36.4 Å². The summed E-state index contributed by atoms with van der Waals surface area (Å²) >= 11 is 0. The van der Waals surface area contributed by atoms with Crippen molar-refractivity contribution in [3.63, 3.8) is 0 Å². The van der Waals surface area contributed by atoms with Crippen LogP contribution in [0.5, 0.6) is 0 Å². The molecule has 1 aromatic heterocycles. The van der Waals surface area contributed by atoms with Gasteiger partial charge in [-0.3, -0.25) is 0 Å². The van der Waals surface area contributed by atoms with E-state index in [1.807, 2.05) is 6.20 Å². The standard InChI is InChI=1S/C16H24N2O/c1-12-9-13(11-19)10-17-16(12)18-8-4-7-15(18)14-5-2-3-6-14/h9-10,14-15,19H,2-8,11H2,1H3. The van der Waals surface area contributed by atoms with Crippen molar-refractivity contribution < 1.29 is 5.11 Å². The summed E-state index contributed by atoms with van der Waals surface area (Å²) in [5.41, 5.74) is 2.12. The van der Waals surface area contributed by atoms with Gasteiger partial charge in [-0.2, -0.15) is 0 Å². The third-order valence-electron chi connectivity index (χ3n) is 4.81. The first-order valence-corrected chi connectivity index (χ1v) is 7.62. The Bertz CT molecular complexity index is 440. The SMILES string of the molecule is Cc1cc(CO)cnc1N1CCCC1C1CCCC1. The summed E-state index contributed by atoms with van der Waals surface area (Å²) in [4.78, 5) is 7.15. The highest BCUT2D eigenvalue weighted by atomic mass is 16.3. The Morgan fingerprint density at radius 3 is 2.74 bits per heavy atom. The van der Waals surface area contributed by atoms with Crippen molar-refractivity contribution in [1.82, 2.24) is 4.98 Å². The second-order valence-corrected chi connectivity index (χ2v) is 6.09. The van der Waals surface area contributed by atoms with Crippen LogP contribution in [0.1, 0.15) is 49.7 Å². The molecule has 2 aliphatic rings. The Kier molecular flexibility index (Phi) is 3.74. The Morgan fingerprint density at radius 1 is 1.26 bits per heavy atom. The largest absolute Gasteiger partial charge is 0.392 e. The van der Waals surface area contributed by atoms with Crippen LogP contribution in [0.25, 0.3) is 0 Å². The van der Waals surface area contributed by atoms with Crippen LogP contribution in [-0.4, -0.2) is 22.7 Å². The van der Waals surface area contributed by atoms with Gasteiger partial charge in [-0.1, -0.05) is 12.8 Å². The monoisotopic (exact) mass is 260 g/mol. The predicted octanol–water partition coefficient (Wildman–Crippen LogP) is 3.04. The number of rotatable bonds is 3. The van der Waals surface area contributed by atoms with Crippen molar-refractivity contribution in [2.45, 2.75) is 58.1 Å². The second-order valence-electron chi connectivity index (χ2n) is 6.09. The van der Waals surface area contributed by atoms with E-state index in [0.717, 1.165) is 23.8 Å². The number of aryl methyl sites for hydroxylation is 1. The van der Waals surface area contributed by atoms with Gasteiger partial charge >= 0.3 is 0 Å². The molecule has 1 atom stereocenters. The third-order valence-corrected chi connectivity index (χ3v) is 4.81. The zero-order chi connectivity index (χ0) is 13.2. The molecule has 2 fully saturated rings. The van der Waals surface area contributed by atoms with Crippen LogP contribution in [0.2, 0.25) is 0 Å². The highest BCUT2D eigenvalue weighted by Gasteiger charge is 2.34. The summed E-state index contributed by atoms with van der Waals surface area (Å²) in [5, 5.41) is 9.19. The van der Waals surface area contributed by atoms with Gasteiger partial charge in [0.25, 0.3) is 0 Å². The molecule has 3 heteroatoms. The van der Waals surface area contributed by atoms with Crippen molar-refractivity contribution in [2.24, 2.45) is 5.92 Å². The Balaban J connectivity index is 1.83. The average Bonchev–Trinajstić information content (AvgIpc) is 3.08. The Hall–Kier alpha value is -1.09. The van der Waals surface area contributed by atoms with Crippen LogP contribution < -0.4 is 4.90 Å². The van der Waals surface area contributed by atoms with Gasteiger partial charge in [0.15, 0.2) is 0 Å². The molecule has 0 spiro atoms. The smallest absolute Gasteiger partial charge is 0.131 e. The predicted molar refractivity (Wildman–Crippen MR) is 77.2 cm³/mol. The first-order valence-electron chi connectivity index (χ1n) is 7.62. The summed E-state index contributed by atoms with van der Waals surface area (Å²) in [6, 6.07) is 2.78. The summed E-state index contributed by atoms with van der Waals surface area (Å²) < 4.78 is 0. The molecular formula is C16H24N2O. The molecular weight excluding hydrogens is 236 g/mol. The van der Waals surface area contributed by atoms with Crippen LogP contribution >= 0.6 is 0 Å². The number of aromatic nitrogens is 1. The lowest BCUT2D eigenvalue weighted by Gasteiger charge is -2.31. The Morgan fingerprint density at radius 2 is 2.05 bits per heavy atom. The van der Waals surface area contributed by atoms with Crippen LogP contribution in [0.3, 0.4) is 0 Å². The fourth-order valence-corrected chi connectivity index (χ4v) is 3.90. The maximum absolute atomic E-state index is 9.19. The minimum absolute atomic E-state index is 0.0835. The van der Waals surface area contributed by atoms with Gasteiger partial charge < -0.3 is 10.0 Å². The lowest BCUT2D eigenvalue weighted by Crippen LogP contribution is -2.35. The Labute approximate surface area is 115 Å². The van der Waals surface area contributed by atoms with Crippen molar-refractivity contribution in [3.05, 3.63) is 23.4 Å². The van der Waals surface area contributed by atoms with Crippen molar-refractivity contribution >= 4 is 5.82 Å². The lowest BCUT2D eigenvalue weighted by atomic mass is 9.96. The van der Waals surface area contributed by atoms with E-state index in [-0.39, 0.29) is 6.61 Å². The number of aliphatic hydroxyl groups excluding tert-OH is 1. The fourth-order valence-electron chi connectivity index (χ4n) is 3.90. The number of nitrogens with zero attached hydrogens (tertiary/aromatic N) is 2. The van der Waals surface area contributed by atoms with E-state index in [4.69, 9.17) is 0 Å². The molecule has 0 bridgehead atoms. The molecule has 2 heterocycles. The van der Waals surface area contributed by atoms with E-state index in [1.165, 1.54) is 44.1 Å². The minimum Gasteiger partial charge on any atom is -0.392 e. The van der Waals surface area contributed by atoms with E-state index >= 15 is 0 Å². The highest BCUT2D eigenvalue weighted by Crippen LogP contribution is 2.38. The first kappa shape index (κ1) is 12.9. The molecule has 1 N–H and O–H groups in total. The molecule has 1 aliphatic heterocycles. The minimum atomic E-state index is 0.0835. The van der Waals surface area contributed by atoms with Crippen LogP contribution in [-0.2, 0) is 6.61 Å². The van der Waals surface area contributed by atoms with Crippen LogP contribution in [0.15, 0.2) is 12.3 Å². The number of aliphatic hydroxyl groups is 1. The molecule has 19 heavy (non-hydrogen) atoms. The summed E-state index contributed by atoms with van der Waals surface area (Å²) in [5.74, 6) is 2.02. The van der Waals surface area contributed by atoms with Gasteiger partial charge in [-0.15, -0.1) is 0 Å². The first-order chi connectivity index (χ1) is 9.29. The summed E-state index contributed by atoms with van der Waals surface area (Å²) in [6.07, 6.45) is 10.1. The molecule has 3 nitrogen and oxygen atoms in total. The van der Waals surface area contributed by atoms with Crippen molar-refractivity contribution in [1.29, 1.82) is 0 Å². The number of anilines is 1. The highest BCUT2D eigenvalue weighted by molar-refractivity contribution is 5.49. The van der Waals surface area contributed by atoms with E-state index in [9.17, 15) is 5.11 Å².